The lowest BCUT2D eigenvalue weighted by molar-refractivity contribution is -0.140. The summed E-state index contributed by atoms with van der Waals surface area (Å²) in [6.07, 6.45) is 3.19. The van der Waals surface area contributed by atoms with E-state index in [9.17, 15) is 9.59 Å². The molecule has 18 heavy (non-hydrogen) atoms. The van der Waals surface area contributed by atoms with E-state index >= 15 is 0 Å². The Bertz CT molecular complexity index is 337. The molecule has 1 unspecified atom stereocenters. The topological polar surface area (TPSA) is 60.9 Å². The molecule has 2 heterocycles. The normalized spacial score (nSPS) is 29.2. The van der Waals surface area contributed by atoms with Gasteiger partial charge in [-0.05, 0) is 25.2 Å². The van der Waals surface area contributed by atoms with Gasteiger partial charge in [-0.1, -0.05) is 6.92 Å². The van der Waals surface area contributed by atoms with Crippen LogP contribution in [-0.4, -0.2) is 57.7 Å². The Morgan fingerprint density at radius 1 is 1.28 bits per heavy atom. The number of carbonyl (C=O) groups excluding carboxylic acids is 1. The number of rotatable bonds is 1. The molecule has 2 aliphatic heterocycles. The van der Waals surface area contributed by atoms with E-state index < -0.39 is 12.0 Å². The second-order valence-corrected chi connectivity index (χ2v) is 6.13. The van der Waals surface area contributed by atoms with Gasteiger partial charge in [-0.25, -0.2) is 9.59 Å². The first-order valence-corrected chi connectivity index (χ1v) is 7.61. The summed E-state index contributed by atoms with van der Waals surface area (Å²) in [7, 11) is 0. The highest BCUT2D eigenvalue weighted by atomic mass is 32.2. The highest BCUT2D eigenvalue weighted by Gasteiger charge is 2.36. The van der Waals surface area contributed by atoms with E-state index in [-0.39, 0.29) is 6.03 Å². The Kier molecular flexibility index (Phi) is 4.37. The molecule has 0 aliphatic carbocycles. The summed E-state index contributed by atoms with van der Waals surface area (Å²) < 4.78 is 0. The fourth-order valence-electron chi connectivity index (χ4n) is 2.47. The molecule has 5 nitrogen and oxygen atoms in total. The first-order valence-electron chi connectivity index (χ1n) is 6.45. The summed E-state index contributed by atoms with van der Waals surface area (Å²) in [4.78, 5) is 26.8. The molecule has 0 radical (unpaired) electrons. The molecule has 0 aromatic rings. The molecule has 1 N–H and O–H groups in total. The zero-order chi connectivity index (χ0) is 13.1. The lowest BCUT2D eigenvalue weighted by Gasteiger charge is -2.28. The zero-order valence-corrected chi connectivity index (χ0v) is 11.5. The molecule has 0 bridgehead atoms. The Morgan fingerprint density at radius 3 is 2.78 bits per heavy atom. The molecular weight excluding hydrogens is 252 g/mol. The van der Waals surface area contributed by atoms with Crippen LogP contribution in [0.1, 0.15) is 26.2 Å². The predicted octanol–water partition coefficient (Wildman–Crippen LogP) is 1.69. The summed E-state index contributed by atoms with van der Waals surface area (Å²) in [5.41, 5.74) is 0. The van der Waals surface area contributed by atoms with Crippen molar-refractivity contribution in [2.75, 3.05) is 24.7 Å². The van der Waals surface area contributed by atoms with Crippen LogP contribution >= 0.6 is 11.8 Å². The van der Waals surface area contributed by atoms with Crippen LogP contribution < -0.4 is 0 Å². The van der Waals surface area contributed by atoms with Gasteiger partial charge in [0, 0.05) is 18.8 Å². The van der Waals surface area contributed by atoms with E-state index in [1.165, 1.54) is 16.7 Å². The quantitative estimate of drug-likeness (QED) is 0.789. The molecule has 102 valence electrons. The first-order chi connectivity index (χ1) is 8.59. The van der Waals surface area contributed by atoms with Crippen LogP contribution in [0.3, 0.4) is 0 Å². The van der Waals surface area contributed by atoms with Gasteiger partial charge in [0.1, 0.15) is 6.04 Å². The van der Waals surface area contributed by atoms with Crippen molar-refractivity contribution in [3.05, 3.63) is 0 Å². The van der Waals surface area contributed by atoms with Crippen LogP contribution in [0.2, 0.25) is 0 Å². The molecule has 2 saturated heterocycles. The van der Waals surface area contributed by atoms with Crippen LogP contribution in [0.25, 0.3) is 0 Å². The Morgan fingerprint density at radius 2 is 2.06 bits per heavy atom. The maximum Gasteiger partial charge on any atom is 0.327 e. The Balaban J connectivity index is 1.99. The molecule has 0 aromatic carbocycles. The summed E-state index contributed by atoms with van der Waals surface area (Å²) >= 11 is 1.51. The minimum absolute atomic E-state index is 0.0958. The highest BCUT2D eigenvalue weighted by molar-refractivity contribution is 7.99. The van der Waals surface area contributed by atoms with Gasteiger partial charge >= 0.3 is 12.0 Å². The number of thioether (sulfide) groups is 1. The van der Waals surface area contributed by atoms with Crippen LogP contribution in [0.5, 0.6) is 0 Å². The smallest absolute Gasteiger partial charge is 0.327 e. The Labute approximate surface area is 112 Å². The maximum atomic E-state index is 12.3. The molecule has 0 spiro atoms. The maximum absolute atomic E-state index is 12.3. The highest BCUT2D eigenvalue weighted by Crippen LogP contribution is 2.24. The van der Waals surface area contributed by atoms with Gasteiger partial charge in [0.05, 0.1) is 5.88 Å². The number of amides is 2. The van der Waals surface area contributed by atoms with Crippen LogP contribution in [0.4, 0.5) is 4.79 Å². The molecule has 2 fully saturated rings. The minimum Gasteiger partial charge on any atom is -0.480 e. The Hall–Kier alpha value is -0.910. The molecule has 6 heteroatoms. The lowest BCUT2D eigenvalue weighted by atomic mass is 10.0. The fourth-order valence-corrected chi connectivity index (χ4v) is 3.61. The summed E-state index contributed by atoms with van der Waals surface area (Å²) in [6.45, 7) is 3.73. The van der Waals surface area contributed by atoms with E-state index in [1.807, 2.05) is 4.90 Å². The van der Waals surface area contributed by atoms with E-state index in [0.717, 1.165) is 32.4 Å². The monoisotopic (exact) mass is 272 g/mol. The van der Waals surface area contributed by atoms with Gasteiger partial charge in [-0.3, -0.25) is 0 Å². The van der Waals surface area contributed by atoms with Crippen molar-refractivity contribution in [3.63, 3.8) is 0 Å². The number of hydrogen-bond acceptors (Lipinski definition) is 3. The second-order valence-electron chi connectivity index (χ2n) is 5.13. The molecule has 2 aliphatic rings. The number of nitrogens with zero attached hydrogens (tertiary/aromatic N) is 2. The van der Waals surface area contributed by atoms with E-state index in [4.69, 9.17) is 5.11 Å². The molecule has 0 saturated carbocycles. The number of carboxylic acid groups (broad SMARTS) is 1. The van der Waals surface area contributed by atoms with Crippen molar-refractivity contribution >= 4 is 23.8 Å². The van der Waals surface area contributed by atoms with E-state index in [0.29, 0.717) is 17.5 Å². The molecular formula is C12H20N2O3S. The van der Waals surface area contributed by atoms with Crippen molar-refractivity contribution in [3.8, 4) is 0 Å². The largest absolute Gasteiger partial charge is 0.480 e. The molecule has 0 aromatic heterocycles. The van der Waals surface area contributed by atoms with Gasteiger partial charge in [0.25, 0.3) is 0 Å². The van der Waals surface area contributed by atoms with Crippen LogP contribution in [0.15, 0.2) is 0 Å². The number of aliphatic carboxylic acids is 1. The summed E-state index contributed by atoms with van der Waals surface area (Å²) in [5, 5.41) is 9.10. The number of hydrogen-bond donors (Lipinski definition) is 1. The number of urea groups is 1. The first kappa shape index (κ1) is 13.5. The van der Waals surface area contributed by atoms with Gasteiger partial charge in [-0.15, -0.1) is 11.8 Å². The number of carbonyl (C=O) groups is 2. The third-order valence-corrected chi connectivity index (χ3v) is 4.71. The summed E-state index contributed by atoms with van der Waals surface area (Å²) in [5.74, 6) is 0.773. The van der Waals surface area contributed by atoms with Gasteiger partial charge < -0.3 is 14.9 Å². The third kappa shape index (κ3) is 2.91. The van der Waals surface area contributed by atoms with Gasteiger partial charge in [-0.2, -0.15) is 0 Å². The lowest BCUT2D eigenvalue weighted by Crippen LogP contribution is -2.49. The van der Waals surface area contributed by atoms with Crippen molar-refractivity contribution in [2.24, 2.45) is 5.92 Å². The molecule has 2 amide bonds. The SMILES string of the molecule is CC1CCCN(C(=O)N2CSC[C@H]2C(=O)O)CC1. The zero-order valence-electron chi connectivity index (χ0n) is 10.7. The minimum atomic E-state index is -0.892. The summed E-state index contributed by atoms with van der Waals surface area (Å²) in [6, 6.07) is -0.746. The standard InChI is InChI=1S/C12H20N2O3S/c1-9-3-2-5-13(6-4-9)12(17)14-8-18-7-10(14)11(15)16/h9-10H,2-8H2,1H3,(H,15,16)/t9?,10-/m0/s1. The number of likely N-dealkylation sites (tertiary alicyclic amines) is 1. The second kappa shape index (κ2) is 5.82. The van der Waals surface area contributed by atoms with Crippen LogP contribution in [0, 0.1) is 5.92 Å². The fraction of sp³-hybridized carbons (Fsp3) is 0.833. The van der Waals surface area contributed by atoms with Crippen LogP contribution in [-0.2, 0) is 4.79 Å². The molecule has 2 rings (SSSR count). The van der Waals surface area contributed by atoms with Crippen molar-refractivity contribution < 1.29 is 14.7 Å². The van der Waals surface area contributed by atoms with E-state index in [2.05, 4.69) is 6.92 Å². The number of carboxylic acids is 1. The van der Waals surface area contributed by atoms with Crippen molar-refractivity contribution in [1.29, 1.82) is 0 Å². The predicted molar refractivity (Wildman–Crippen MR) is 70.6 cm³/mol. The van der Waals surface area contributed by atoms with E-state index in [1.54, 1.807) is 0 Å². The van der Waals surface area contributed by atoms with Crippen molar-refractivity contribution in [1.82, 2.24) is 9.80 Å². The third-order valence-electron chi connectivity index (χ3n) is 3.70. The van der Waals surface area contributed by atoms with Gasteiger partial charge in [0.15, 0.2) is 0 Å². The molecule has 2 atom stereocenters. The average Bonchev–Trinajstić information content (AvgIpc) is 2.72. The van der Waals surface area contributed by atoms with Crippen molar-refractivity contribution in [2.45, 2.75) is 32.2 Å². The average molecular weight is 272 g/mol. The van der Waals surface area contributed by atoms with Gasteiger partial charge in [0.2, 0.25) is 0 Å².